The van der Waals surface area contributed by atoms with E-state index in [0.717, 1.165) is 31.6 Å². The Balaban J connectivity index is 1.44. The molecule has 166 valence electrons. The summed E-state index contributed by atoms with van der Waals surface area (Å²) in [6.07, 6.45) is 3.55. The zero-order chi connectivity index (χ0) is 22.6. The fraction of sp³-hybridized carbons (Fsp3) is 0.261. The number of aromatic nitrogens is 2. The standard InChI is InChI=1S/C23H25N5O3S/c1-2-32(30,31)20-7-5-6-19(14-20)27-22-15-21(24-16-25-22)26-18-10-8-17(9-11-18)23(29)28-12-3-4-13-28/h5-11,14-16H,2-4,12-13H2,1H3,(H2,24,25,26,27). The summed E-state index contributed by atoms with van der Waals surface area (Å²) in [6, 6.07) is 15.7. The van der Waals surface area contributed by atoms with E-state index >= 15 is 0 Å². The van der Waals surface area contributed by atoms with Crippen molar-refractivity contribution in [1.82, 2.24) is 14.9 Å². The van der Waals surface area contributed by atoms with E-state index in [0.29, 0.717) is 22.9 Å². The second-order valence-corrected chi connectivity index (χ2v) is 9.82. The number of carbonyl (C=O) groups excluding carboxylic acids is 1. The molecular formula is C23H25N5O3S. The van der Waals surface area contributed by atoms with Gasteiger partial charge in [0, 0.05) is 36.1 Å². The number of rotatable bonds is 7. The van der Waals surface area contributed by atoms with Gasteiger partial charge in [-0.25, -0.2) is 18.4 Å². The van der Waals surface area contributed by atoms with Crippen LogP contribution in [0.3, 0.4) is 0 Å². The first-order chi connectivity index (χ1) is 15.4. The molecule has 1 aliphatic rings. The summed E-state index contributed by atoms with van der Waals surface area (Å²) >= 11 is 0. The van der Waals surface area contributed by atoms with Crippen LogP contribution in [0, 0.1) is 0 Å². The third kappa shape index (κ3) is 5.05. The van der Waals surface area contributed by atoms with Crippen LogP contribution < -0.4 is 10.6 Å². The number of hydrogen-bond donors (Lipinski definition) is 2. The lowest BCUT2D eigenvalue weighted by Gasteiger charge is -2.15. The average molecular weight is 452 g/mol. The number of hydrogen-bond acceptors (Lipinski definition) is 7. The molecule has 1 aromatic heterocycles. The summed E-state index contributed by atoms with van der Waals surface area (Å²) < 4.78 is 24.2. The lowest BCUT2D eigenvalue weighted by atomic mass is 10.2. The highest BCUT2D eigenvalue weighted by Crippen LogP contribution is 2.22. The number of nitrogens with one attached hydrogen (secondary N) is 2. The minimum Gasteiger partial charge on any atom is -0.340 e. The zero-order valence-electron chi connectivity index (χ0n) is 17.8. The summed E-state index contributed by atoms with van der Waals surface area (Å²) in [7, 11) is -3.29. The van der Waals surface area contributed by atoms with Gasteiger partial charge >= 0.3 is 0 Å². The fourth-order valence-corrected chi connectivity index (χ4v) is 4.45. The predicted molar refractivity (Wildman–Crippen MR) is 124 cm³/mol. The number of sulfone groups is 1. The van der Waals surface area contributed by atoms with Crippen LogP contribution in [0.2, 0.25) is 0 Å². The molecule has 4 rings (SSSR count). The van der Waals surface area contributed by atoms with Crippen molar-refractivity contribution in [2.24, 2.45) is 0 Å². The summed E-state index contributed by atoms with van der Waals surface area (Å²) in [5.41, 5.74) is 2.09. The van der Waals surface area contributed by atoms with Gasteiger partial charge < -0.3 is 15.5 Å². The topological polar surface area (TPSA) is 104 Å². The molecule has 2 aromatic carbocycles. The van der Waals surface area contributed by atoms with Gasteiger partial charge in [-0.05, 0) is 55.3 Å². The smallest absolute Gasteiger partial charge is 0.253 e. The van der Waals surface area contributed by atoms with Crippen LogP contribution >= 0.6 is 0 Å². The highest BCUT2D eigenvalue weighted by atomic mass is 32.2. The quantitative estimate of drug-likeness (QED) is 0.560. The summed E-state index contributed by atoms with van der Waals surface area (Å²) in [6.45, 7) is 3.26. The van der Waals surface area contributed by atoms with E-state index in [1.807, 2.05) is 29.2 Å². The van der Waals surface area contributed by atoms with Crippen LogP contribution in [0.5, 0.6) is 0 Å². The van der Waals surface area contributed by atoms with Crippen molar-refractivity contribution in [2.45, 2.75) is 24.7 Å². The number of likely N-dealkylation sites (tertiary alicyclic amines) is 1. The van der Waals surface area contributed by atoms with Crippen LogP contribution in [0.1, 0.15) is 30.1 Å². The monoisotopic (exact) mass is 451 g/mol. The molecule has 1 amide bonds. The molecule has 0 atom stereocenters. The number of benzene rings is 2. The van der Waals surface area contributed by atoms with Gasteiger partial charge in [0.25, 0.3) is 5.91 Å². The van der Waals surface area contributed by atoms with Crippen molar-refractivity contribution >= 4 is 38.8 Å². The van der Waals surface area contributed by atoms with E-state index in [4.69, 9.17) is 0 Å². The predicted octanol–water partition coefficient (Wildman–Crippen LogP) is 3.99. The SMILES string of the molecule is CCS(=O)(=O)c1cccc(Nc2cc(Nc3ccc(C(=O)N4CCCC4)cc3)ncn2)c1. The van der Waals surface area contributed by atoms with Crippen molar-refractivity contribution in [3.05, 3.63) is 66.5 Å². The molecule has 0 unspecified atom stereocenters. The van der Waals surface area contributed by atoms with Crippen LogP contribution in [0.15, 0.2) is 65.8 Å². The first-order valence-electron chi connectivity index (χ1n) is 10.5. The Bertz CT molecular complexity index is 1210. The van der Waals surface area contributed by atoms with E-state index in [-0.39, 0.29) is 16.6 Å². The van der Waals surface area contributed by atoms with Gasteiger partial charge in [0.2, 0.25) is 0 Å². The molecular weight excluding hydrogens is 426 g/mol. The molecule has 0 spiro atoms. The normalized spacial score (nSPS) is 13.7. The third-order valence-electron chi connectivity index (χ3n) is 5.31. The highest BCUT2D eigenvalue weighted by molar-refractivity contribution is 7.91. The third-order valence-corrected chi connectivity index (χ3v) is 7.04. The Labute approximate surface area is 187 Å². The molecule has 32 heavy (non-hydrogen) atoms. The fourth-order valence-electron chi connectivity index (χ4n) is 3.52. The van der Waals surface area contributed by atoms with Gasteiger partial charge in [-0.3, -0.25) is 4.79 Å². The lowest BCUT2D eigenvalue weighted by molar-refractivity contribution is 0.0793. The number of nitrogens with zero attached hydrogens (tertiary/aromatic N) is 3. The zero-order valence-corrected chi connectivity index (χ0v) is 18.6. The summed E-state index contributed by atoms with van der Waals surface area (Å²) in [5.74, 6) is 1.20. The van der Waals surface area contributed by atoms with Crippen LogP contribution in [0.25, 0.3) is 0 Å². The number of amides is 1. The Morgan fingerprint density at radius 3 is 2.25 bits per heavy atom. The van der Waals surface area contributed by atoms with E-state index in [2.05, 4.69) is 20.6 Å². The Kier molecular flexibility index (Phi) is 6.36. The molecule has 0 saturated carbocycles. The summed E-state index contributed by atoms with van der Waals surface area (Å²) in [4.78, 5) is 23.1. The maximum Gasteiger partial charge on any atom is 0.253 e. The molecule has 1 saturated heterocycles. The van der Waals surface area contributed by atoms with Gasteiger partial charge in [-0.1, -0.05) is 13.0 Å². The molecule has 3 aromatic rings. The molecule has 2 N–H and O–H groups in total. The molecule has 0 bridgehead atoms. The van der Waals surface area contributed by atoms with Crippen molar-refractivity contribution in [3.63, 3.8) is 0 Å². The maximum absolute atomic E-state index is 12.5. The Hall–Kier alpha value is -3.46. The molecule has 1 fully saturated rings. The number of carbonyl (C=O) groups is 1. The van der Waals surface area contributed by atoms with E-state index in [1.54, 1.807) is 37.3 Å². The van der Waals surface area contributed by atoms with Crippen molar-refractivity contribution in [2.75, 3.05) is 29.5 Å². The highest BCUT2D eigenvalue weighted by Gasteiger charge is 2.19. The lowest BCUT2D eigenvalue weighted by Crippen LogP contribution is -2.27. The van der Waals surface area contributed by atoms with Crippen molar-refractivity contribution in [1.29, 1.82) is 0 Å². The minimum atomic E-state index is -3.29. The largest absolute Gasteiger partial charge is 0.340 e. The molecule has 1 aliphatic heterocycles. The van der Waals surface area contributed by atoms with Gasteiger partial charge in [-0.15, -0.1) is 0 Å². The average Bonchev–Trinajstić information content (AvgIpc) is 3.35. The molecule has 0 radical (unpaired) electrons. The molecule has 8 nitrogen and oxygen atoms in total. The first kappa shape index (κ1) is 21.8. The van der Waals surface area contributed by atoms with Gasteiger partial charge in [0.15, 0.2) is 9.84 Å². The molecule has 2 heterocycles. The molecule has 9 heteroatoms. The Morgan fingerprint density at radius 2 is 1.59 bits per heavy atom. The van der Waals surface area contributed by atoms with Crippen LogP contribution in [0.4, 0.5) is 23.0 Å². The van der Waals surface area contributed by atoms with E-state index in [9.17, 15) is 13.2 Å². The summed E-state index contributed by atoms with van der Waals surface area (Å²) in [5, 5.41) is 6.31. The van der Waals surface area contributed by atoms with Crippen molar-refractivity contribution < 1.29 is 13.2 Å². The maximum atomic E-state index is 12.5. The van der Waals surface area contributed by atoms with Crippen LogP contribution in [-0.4, -0.2) is 48.0 Å². The van der Waals surface area contributed by atoms with Gasteiger partial charge in [0.1, 0.15) is 18.0 Å². The second-order valence-electron chi connectivity index (χ2n) is 7.55. The minimum absolute atomic E-state index is 0.0421. The van der Waals surface area contributed by atoms with E-state index in [1.165, 1.54) is 6.33 Å². The van der Waals surface area contributed by atoms with Crippen molar-refractivity contribution in [3.8, 4) is 0 Å². The van der Waals surface area contributed by atoms with Gasteiger partial charge in [0.05, 0.1) is 10.6 Å². The van der Waals surface area contributed by atoms with E-state index < -0.39 is 9.84 Å². The van der Waals surface area contributed by atoms with Gasteiger partial charge in [-0.2, -0.15) is 0 Å². The molecule has 0 aliphatic carbocycles. The van der Waals surface area contributed by atoms with Crippen LogP contribution in [-0.2, 0) is 9.84 Å². The first-order valence-corrected chi connectivity index (χ1v) is 12.2. The second kappa shape index (κ2) is 9.35. The Morgan fingerprint density at radius 1 is 0.938 bits per heavy atom. The number of anilines is 4.